The van der Waals surface area contributed by atoms with Crippen molar-refractivity contribution in [1.82, 2.24) is 4.90 Å². The van der Waals surface area contributed by atoms with E-state index in [0.717, 1.165) is 24.7 Å². The number of amides is 1. The van der Waals surface area contributed by atoms with Gasteiger partial charge in [0.25, 0.3) is 5.91 Å². The number of hydrogen-bond acceptors (Lipinski definition) is 4. The highest BCUT2D eigenvalue weighted by Gasteiger charge is 2.28. The maximum Gasteiger partial charge on any atom is 0.286 e. The van der Waals surface area contributed by atoms with Crippen LogP contribution in [0, 0.1) is 0 Å². The molecule has 0 radical (unpaired) electrons. The van der Waals surface area contributed by atoms with Crippen LogP contribution in [-0.4, -0.2) is 34.2 Å². The lowest BCUT2D eigenvalue weighted by atomic mass is 10.2. The molecule has 3 rings (SSSR count). The summed E-state index contributed by atoms with van der Waals surface area (Å²) in [5, 5.41) is 10.5. The number of benzene rings is 1. The van der Waals surface area contributed by atoms with Crippen molar-refractivity contribution in [1.29, 1.82) is 0 Å². The van der Waals surface area contributed by atoms with Gasteiger partial charge in [-0.25, -0.2) is 0 Å². The molecule has 0 spiro atoms. The summed E-state index contributed by atoms with van der Waals surface area (Å²) in [5.41, 5.74) is 0.647. The normalized spacial score (nSPS) is 21.1. The first-order valence-electron chi connectivity index (χ1n) is 5.79. The first-order chi connectivity index (χ1) is 8.74. The lowest BCUT2D eigenvalue weighted by molar-refractivity contribution is -0.113. The molecule has 0 unspecified atom stereocenters. The van der Waals surface area contributed by atoms with E-state index >= 15 is 0 Å². The first kappa shape index (κ1) is 11.3. The summed E-state index contributed by atoms with van der Waals surface area (Å²) in [6.07, 6.45) is 2.85. The number of phenolic OH excluding ortho intramolecular Hbond substituents is 1. The van der Waals surface area contributed by atoms with Gasteiger partial charge in [-0.3, -0.25) is 4.79 Å². The highest BCUT2D eigenvalue weighted by molar-refractivity contribution is 8.18. The van der Waals surface area contributed by atoms with Crippen LogP contribution < -0.4 is 0 Å². The van der Waals surface area contributed by atoms with Crippen LogP contribution in [0.5, 0.6) is 5.75 Å². The summed E-state index contributed by atoms with van der Waals surface area (Å²) < 4.78 is 0. The largest absolute Gasteiger partial charge is 0.507 e. The van der Waals surface area contributed by atoms with Crippen LogP contribution in [0.2, 0.25) is 0 Å². The number of phenols is 1. The second-order valence-corrected chi connectivity index (χ2v) is 5.22. The molecule has 1 saturated heterocycles. The minimum absolute atomic E-state index is 0.177. The molecule has 1 aromatic carbocycles. The molecule has 0 aromatic heterocycles. The Labute approximate surface area is 109 Å². The van der Waals surface area contributed by atoms with E-state index in [-0.39, 0.29) is 11.7 Å². The van der Waals surface area contributed by atoms with E-state index in [2.05, 4.69) is 9.89 Å². The molecule has 0 bridgehead atoms. The zero-order chi connectivity index (χ0) is 12.5. The number of rotatable bonds is 1. The summed E-state index contributed by atoms with van der Waals surface area (Å²) in [6, 6.07) is 6.96. The Hall–Kier alpha value is -1.75. The van der Waals surface area contributed by atoms with E-state index < -0.39 is 0 Å². The minimum Gasteiger partial charge on any atom is -0.507 e. The maximum atomic E-state index is 11.8. The number of amidine groups is 1. The number of nitrogens with zero attached hydrogens (tertiary/aromatic N) is 2. The van der Waals surface area contributed by atoms with E-state index in [1.54, 1.807) is 24.3 Å². The number of aromatic hydroxyl groups is 1. The van der Waals surface area contributed by atoms with Crippen molar-refractivity contribution < 1.29 is 9.90 Å². The highest BCUT2D eigenvalue weighted by atomic mass is 32.2. The molecule has 0 aliphatic carbocycles. The lowest BCUT2D eigenvalue weighted by Gasteiger charge is -2.31. The van der Waals surface area contributed by atoms with Crippen LogP contribution in [0.1, 0.15) is 12.0 Å². The quantitative estimate of drug-likeness (QED) is 0.785. The van der Waals surface area contributed by atoms with E-state index in [1.165, 1.54) is 11.8 Å². The molecule has 1 fully saturated rings. The van der Waals surface area contributed by atoms with Crippen molar-refractivity contribution in [2.24, 2.45) is 4.99 Å². The third-order valence-corrected chi connectivity index (χ3v) is 4.00. The zero-order valence-electron chi connectivity index (χ0n) is 9.67. The topological polar surface area (TPSA) is 52.9 Å². The molecule has 2 aliphatic heterocycles. The standard InChI is InChI=1S/C13H12N2O2S/c16-10-5-2-1-4-9(10)8-11-12(17)14-13(18-11)15-6-3-7-15/h1-2,4-5,8,16H,3,6-7H2. The molecule has 2 heterocycles. The molecule has 1 N–H and O–H groups in total. The molecule has 1 aromatic rings. The van der Waals surface area contributed by atoms with Crippen LogP contribution in [0.25, 0.3) is 6.08 Å². The van der Waals surface area contributed by atoms with Crippen molar-refractivity contribution in [3.63, 3.8) is 0 Å². The van der Waals surface area contributed by atoms with Gasteiger partial charge in [0.1, 0.15) is 5.75 Å². The molecule has 4 nitrogen and oxygen atoms in total. The third-order valence-electron chi connectivity index (χ3n) is 2.96. The fraction of sp³-hybridized carbons (Fsp3) is 0.231. The van der Waals surface area contributed by atoms with Gasteiger partial charge < -0.3 is 10.0 Å². The number of thioether (sulfide) groups is 1. The smallest absolute Gasteiger partial charge is 0.286 e. The lowest BCUT2D eigenvalue weighted by Crippen LogP contribution is -2.39. The van der Waals surface area contributed by atoms with Crippen molar-refractivity contribution in [3.8, 4) is 5.75 Å². The van der Waals surface area contributed by atoms with E-state index in [9.17, 15) is 9.90 Å². The number of carbonyl (C=O) groups is 1. The van der Waals surface area contributed by atoms with Crippen molar-refractivity contribution in [3.05, 3.63) is 34.7 Å². The summed E-state index contributed by atoms with van der Waals surface area (Å²) >= 11 is 1.38. The first-order valence-corrected chi connectivity index (χ1v) is 6.61. The van der Waals surface area contributed by atoms with Gasteiger partial charge >= 0.3 is 0 Å². The van der Waals surface area contributed by atoms with Crippen LogP contribution in [-0.2, 0) is 4.79 Å². The summed E-state index contributed by atoms with van der Waals surface area (Å²) in [4.78, 5) is 18.5. The monoisotopic (exact) mass is 260 g/mol. The molecule has 5 heteroatoms. The van der Waals surface area contributed by atoms with Gasteiger partial charge in [-0.1, -0.05) is 18.2 Å². The van der Waals surface area contributed by atoms with Gasteiger partial charge in [0.05, 0.1) is 4.91 Å². The second kappa shape index (κ2) is 4.49. The zero-order valence-corrected chi connectivity index (χ0v) is 10.5. The van der Waals surface area contributed by atoms with Crippen molar-refractivity contribution >= 4 is 28.9 Å². The Morgan fingerprint density at radius 1 is 1.33 bits per heavy atom. The highest BCUT2D eigenvalue weighted by Crippen LogP contribution is 2.33. The summed E-state index contributed by atoms with van der Waals surface area (Å²) in [5.74, 6) is -0.0408. The molecule has 0 saturated carbocycles. The SMILES string of the molecule is O=C1N=C(N2CCC2)SC1=Cc1ccccc1O. The number of hydrogen-bond donors (Lipinski definition) is 1. The predicted molar refractivity (Wildman–Crippen MR) is 72.3 cm³/mol. The number of para-hydroxylation sites is 1. The van der Waals surface area contributed by atoms with Crippen LogP contribution >= 0.6 is 11.8 Å². The molecule has 92 valence electrons. The van der Waals surface area contributed by atoms with Gasteiger partial charge in [-0.05, 0) is 30.3 Å². The Morgan fingerprint density at radius 2 is 2.11 bits per heavy atom. The summed E-state index contributed by atoms with van der Waals surface area (Å²) in [7, 11) is 0. The maximum absolute atomic E-state index is 11.8. The Kier molecular flexibility index (Phi) is 2.83. The van der Waals surface area contributed by atoms with Crippen molar-refractivity contribution in [2.45, 2.75) is 6.42 Å². The fourth-order valence-corrected chi connectivity index (χ4v) is 2.75. The van der Waals surface area contributed by atoms with E-state index in [0.29, 0.717) is 10.5 Å². The minimum atomic E-state index is -0.217. The van der Waals surface area contributed by atoms with Gasteiger partial charge in [-0.15, -0.1) is 0 Å². The number of aliphatic imine (C=N–C) groups is 1. The van der Waals surface area contributed by atoms with Gasteiger partial charge in [-0.2, -0.15) is 4.99 Å². The Bertz CT molecular complexity index is 562. The average molecular weight is 260 g/mol. The second-order valence-electron chi connectivity index (χ2n) is 4.21. The van der Waals surface area contributed by atoms with Crippen molar-refractivity contribution in [2.75, 3.05) is 13.1 Å². The summed E-state index contributed by atoms with van der Waals surface area (Å²) in [6.45, 7) is 1.95. The molecular formula is C13H12N2O2S. The molecule has 2 aliphatic rings. The number of likely N-dealkylation sites (tertiary alicyclic amines) is 1. The molecule has 0 atom stereocenters. The van der Waals surface area contributed by atoms with Crippen LogP contribution in [0.4, 0.5) is 0 Å². The van der Waals surface area contributed by atoms with Gasteiger partial charge in [0.2, 0.25) is 0 Å². The molecule has 1 amide bonds. The van der Waals surface area contributed by atoms with E-state index in [4.69, 9.17) is 0 Å². The van der Waals surface area contributed by atoms with Gasteiger partial charge in [0.15, 0.2) is 5.17 Å². The van der Waals surface area contributed by atoms with Gasteiger partial charge in [0, 0.05) is 18.7 Å². The predicted octanol–water partition coefficient (Wildman–Crippen LogP) is 2.07. The fourth-order valence-electron chi connectivity index (χ4n) is 1.79. The third kappa shape index (κ3) is 2.01. The molecule has 18 heavy (non-hydrogen) atoms. The average Bonchev–Trinajstić information content (AvgIpc) is 2.61. The van der Waals surface area contributed by atoms with Crippen LogP contribution in [0.3, 0.4) is 0 Å². The van der Waals surface area contributed by atoms with E-state index in [1.807, 2.05) is 6.07 Å². The molecular weight excluding hydrogens is 248 g/mol. The van der Waals surface area contributed by atoms with Crippen LogP contribution in [0.15, 0.2) is 34.2 Å². The number of carbonyl (C=O) groups excluding carboxylic acids is 1. The Balaban J connectivity index is 1.83. The Morgan fingerprint density at radius 3 is 2.78 bits per heavy atom.